The zero-order valence-electron chi connectivity index (χ0n) is 18.3. The van der Waals surface area contributed by atoms with Gasteiger partial charge < -0.3 is 15.8 Å². The lowest BCUT2D eigenvalue weighted by atomic mass is 9.76. The maximum absolute atomic E-state index is 13.7. The number of methoxy groups -OCH3 is 1. The molecular formula is C24H23ClN4O5. The number of ether oxygens (including phenoxy) is 1. The molecule has 34 heavy (non-hydrogen) atoms. The van der Waals surface area contributed by atoms with Crippen molar-refractivity contribution in [2.75, 3.05) is 12.4 Å². The zero-order chi connectivity index (χ0) is 24.2. The molecule has 5 rings (SSSR count). The Morgan fingerprint density at radius 2 is 1.88 bits per heavy atom. The summed E-state index contributed by atoms with van der Waals surface area (Å²) in [6.07, 6.45) is 0.234. The summed E-state index contributed by atoms with van der Waals surface area (Å²) in [5.41, 5.74) is 5.69. The summed E-state index contributed by atoms with van der Waals surface area (Å²) in [6.45, 7) is 0.0668. The number of likely N-dealkylation sites (tertiary alicyclic amines) is 1. The first-order chi connectivity index (χ1) is 16.3. The van der Waals surface area contributed by atoms with Gasteiger partial charge in [-0.2, -0.15) is 0 Å². The number of nitrogens with one attached hydrogen (secondary N) is 2. The topological polar surface area (TPSA) is 131 Å². The predicted molar refractivity (Wildman–Crippen MR) is 123 cm³/mol. The molecule has 1 spiro atoms. The first kappa shape index (κ1) is 22.4. The smallest absolute Gasteiger partial charge is 0.250 e. The lowest BCUT2D eigenvalue weighted by Crippen LogP contribution is -2.53. The van der Waals surface area contributed by atoms with Crippen LogP contribution in [0.25, 0.3) is 0 Å². The number of carbonyl (C=O) groups is 4. The third-order valence-corrected chi connectivity index (χ3v) is 7.20. The van der Waals surface area contributed by atoms with Crippen LogP contribution in [0.1, 0.15) is 24.0 Å². The molecule has 0 aliphatic carbocycles. The number of nitrogens with zero attached hydrogens (tertiary/aromatic N) is 1. The highest BCUT2D eigenvalue weighted by Crippen LogP contribution is 2.54. The van der Waals surface area contributed by atoms with E-state index in [1.165, 1.54) is 4.90 Å². The van der Waals surface area contributed by atoms with E-state index in [-0.39, 0.29) is 25.3 Å². The van der Waals surface area contributed by atoms with E-state index in [0.29, 0.717) is 22.0 Å². The molecule has 0 bridgehead atoms. The second-order valence-electron chi connectivity index (χ2n) is 8.82. The van der Waals surface area contributed by atoms with Crippen LogP contribution in [0, 0.1) is 11.8 Å². The molecule has 2 saturated heterocycles. The quantitative estimate of drug-likeness (QED) is 0.535. The number of fused-ring (bicyclic) bond motifs is 4. The molecule has 10 heteroatoms. The van der Waals surface area contributed by atoms with Crippen LogP contribution in [0.5, 0.6) is 5.75 Å². The summed E-state index contributed by atoms with van der Waals surface area (Å²) in [4.78, 5) is 53.4. The molecule has 0 aromatic heterocycles. The third-order valence-electron chi connectivity index (χ3n) is 6.97. The number of anilines is 1. The van der Waals surface area contributed by atoms with Crippen LogP contribution in [0.3, 0.4) is 0 Å². The van der Waals surface area contributed by atoms with Crippen molar-refractivity contribution in [3.8, 4) is 5.75 Å². The molecule has 176 valence electrons. The molecule has 4 amide bonds. The molecule has 9 nitrogen and oxygen atoms in total. The molecular weight excluding hydrogens is 460 g/mol. The van der Waals surface area contributed by atoms with E-state index in [9.17, 15) is 19.2 Å². The Morgan fingerprint density at radius 3 is 2.56 bits per heavy atom. The monoisotopic (exact) mass is 482 g/mol. The minimum atomic E-state index is -1.46. The van der Waals surface area contributed by atoms with Crippen LogP contribution in [0.2, 0.25) is 5.02 Å². The van der Waals surface area contributed by atoms with Crippen molar-refractivity contribution >= 4 is 40.9 Å². The lowest BCUT2D eigenvalue weighted by molar-refractivity contribution is -0.143. The fourth-order valence-corrected chi connectivity index (χ4v) is 5.62. The van der Waals surface area contributed by atoms with E-state index in [1.807, 2.05) is 0 Å². The second kappa shape index (κ2) is 8.11. The van der Waals surface area contributed by atoms with Gasteiger partial charge >= 0.3 is 0 Å². The van der Waals surface area contributed by atoms with E-state index in [4.69, 9.17) is 22.1 Å². The molecule has 4 N–H and O–H groups in total. The van der Waals surface area contributed by atoms with Crippen molar-refractivity contribution < 1.29 is 23.9 Å². The molecule has 2 fully saturated rings. The number of nitrogens with two attached hydrogens (primary N) is 1. The molecule has 0 saturated carbocycles. The summed E-state index contributed by atoms with van der Waals surface area (Å²) < 4.78 is 5.17. The van der Waals surface area contributed by atoms with Gasteiger partial charge in [0, 0.05) is 28.7 Å². The molecule has 3 aliphatic rings. The zero-order valence-corrected chi connectivity index (χ0v) is 19.1. The second-order valence-corrected chi connectivity index (χ2v) is 9.26. The van der Waals surface area contributed by atoms with Gasteiger partial charge in [-0.15, -0.1) is 0 Å². The highest BCUT2D eigenvalue weighted by atomic mass is 35.5. The maximum atomic E-state index is 13.7. The molecule has 3 heterocycles. The van der Waals surface area contributed by atoms with E-state index in [2.05, 4.69) is 10.6 Å². The normalized spacial score (nSPS) is 27.2. The van der Waals surface area contributed by atoms with Crippen molar-refractivity contribution in [1.29, 1.82) is 0 Å². The Labute approximate surface area is 200 Å². The summed E-state index contributed by atoms with van der Waals surface area (Å²) in [6, 6.07) is 11.4. The van der Waals surface area contributed by atoms with Crippen LogP contribution in [-0.2, 0) is 31.3 Å². The van der Waals surface area contributed by atoms with Crippen LogP contribution < -0.4 is 21.1 Å². The number of halogens is 1. The number of rotatable bonds is 6. The van der Waals surface area contributed by atoms with Gasteiger partial charge in [0.1, 0.15) is 11.3 Å². The highest BCUT2D eigenvalue weighted by molar-refractivity contribution is 6.31. The number of primary amides is 1. The third kappa shape index (κ3) is 3.26. The Morgan fingerprint density at radius 1 is 1.15 bits per heavy atom. The van der Waals surface area contributed by atoms with Crippen molar-refractivity contribution in [3.63, 3.8) is 0 Å². The minimum Gasteiger partial charge on any atom is -0.497 e. The Hall–Kier alpha value is -3.43. The minimum absolute atomic E-state index is 0.0148. The number of carbonyl (C=O) groups excluding carboxylic acids is 4. The summed E-state index contributed by atoms with van der Waals surface area (Å²) in [5.74, 6) is -2.91. The van der Waals surface area contributed by atoms with Gasteiger partial charge in [0.25, 0.3) is 0 Å². The van der Waals surface area contributed by atoms with Crippen LogP contribution in [0.15, 0.2) is 42.5 Å². The standard InChI is InChI=1S/C24H23ClN4O5/c1-34-14-5-2-12(3-6-14)11-29-21(31)19-17(8-9-18(26)30)28-24(20(19)22(29)32)15-10-13(25)4-7-16(15)27-23(24)33/h2-7,10,17,19-20,28H,8-9,11H2,1H3,(H2,26,30)(H,27,33)/t17-,19-,20-,24+/m0/s1. The largest absolute Gasteiger partial charge is 0.497 e. The molecule has 4 atom stereocenters. The first-order valence-corrected chi connectivity index (χ1v) is 11.3. The number of hydrogen-bond acceptors (Lipinski definition) is 6. The van der Waals surface area contributed by atoms with Crippen molar-refractivity contribution in [2.24, 2.45) is 17.6 Å². The van der Waals surface area contributed by atoms with E-state index in [0.717, 1.165) is 5.56 Å². The molecule has 2 aromatic rings. The maximum Gasteiger partial charge on any atom is 0.250 e. The SMILES string of the molecule is COc1ccc(CN2C(=O)[C@H]3[C@H](CCC(N)=O)N[C@@]4(C(=O)Nc5ccc(Cl)cc54)[C@@H]3C2=O)cc1. The van der Waals surface area contributed by atoms with Gasteiger partial charge in [0.2, 0.25) is 23.6 Å². The van der Waals surface area contributed by atoms with Crippen molar-refractivity contribution in [2.45, 2.75) is 31.0 Å². The molecule has 0 unspecified atom stereocenters. The van der Waals surface area contributed by atoms with Crippen molar-refractivity contribution in [3.05, 3.63) is 58.6 Å². The summed E-state index contributed by atoms with van der Waals surface area (Å²) in [5, 5.41) is 6.48. The van der Waals surface area contributed by atoms with Crippen LogP contribution in [-0.4, -0.2) is 41.7 Å². The number of benzene rings is 2. The highest BCUT2D eigenvalue weighted by Gasteiger charge is 2.70. The molecule has 0 radical (unpaired) electrons. The van der Waals surface area contributed by atoms with Gasteiger partial charge in [0.15, 0.2) is 0 Å². The van der Waals surface area contributed by atoms with Crippen LogP contribution >= 0.6 is 11.6 Å². The van der Waals surface area contributed by atoms with Gasteiger partial charge in [0.05, 0.1) is 25.5 Å². The average molecular weight is 483 g/mol. The Balaban J connectivity index is 1.56. The van der Waals surface area contributed by atoms with Gasteiger partial charge in [-0.05, 0) is 42.3 Å². The number of amides is 4. The fourth-order valence-electron chi connectivity index (χ4n) is 5.45. The van der Waals surface area contributed by atoms with Gasteiger partial charge in [-0.1, -0.05) is 23.7 Å². The van der Waals surface area contributed by atoms with E-state index < -0.39 is 41.1 Å². The number of hydrogen-bond donors (Lipinski definition) is 3. The number of imide groups is 1. The van der Waals surface area contributed by atoms with Crippen LogP contribution in [0.4, 0.5) is 5.69 Å². The van der Waals surface area contributed by atoms with Gasteiger partial charge in [-0.3, -0.25) is 29.4 Å². The summed E-state index contributed by atoms with van der Waals surface area (Å²) >= 11 is 6.24. The van der Waals surface area contributed by atoms with E-state index >= 15 is 0 Å². The predicted octanol–water partition coefficient (Wildman–Crippen LogP) is 1.53. The Kier molecular flexibility index (Phi) is 5.33. The average Bonchev–Trinajstić information content (AvgIpc) is 3.39. The molecule has 3 aliphatic heterocycles. The first-order valence-electron chi connectivity index (χ1n) is 10.9. The molecule has 2 aromatic carbocycles. The Bertz CT molecular complexity index is 1220. The fraction of sp³-hybridized carbons (Fsp3) is 0.333. The summed E-state index contributed by atoms with van der Waals surface area (Å²) in [7, 11) is 1.55. The van der Waals surface area contributed by atoms with Crippen molar-refractivity contribution in [1.82, 2.24) is 10.2 Å². The van der Waals surface area contributed by atoms with Gasteiger partial charge in [-0.25, -0.2) is 0 Å². The lowest BCUT2D eigenvalue weighted by Gasteiger charge is -2.29. The van der Waals surface area contributed by atoms with E-state index in [1.54, 1.807) is 49.6 Å².